The molecule has 0 spiro atoms. The minimum atomic E-state index is -0.512. The van der Waals surface area contributed by atoms with Gasteiger partial charge in [0.25, 0.3) is 11.5 Å². The van der Waals surface area contributed by atoms with E-state index >= 15 is 0 Å². The zero-order chi connectivity index (χ0) is 12.8. The summed E-state index contributed by atoms with van der Waals surface area (Å²) in [5.41, 5.74) is -0.751. The lowest BCUT2D eigenvalue weighted by molar-refractivity contribution is 0.0904. The van der Waals surface area contributed by atoms with Gasteiger partial charge in [0.1, 0.15) is 5.56 Å². The molecule has 0 atom stereocenters. The lowest BCUT2D eigenvalue weighted by Crippen LogP contribution is -2.42. The van der Waals surface area contributed by atoms with Crippen molar-refractivity contribution in [3.63, 3.8) is 0 Å². The van der Waals surface area contributed by atoms with Crippen molar-refractivity contribution in [3.05, 3.63) is 22.1 Å². The first-order valence-electron chi connectivity index (χ1n) is 5.81. The molecule has 1 aliphatic carbocycles. The van der Waals surface area contributed by atoms with Gasteiger partial charge in [0, 0.05) is 18.5 Å². The van der Waals surface area contributed by atoms with Crippen molar-refractivity contribution >= 4 is 17.7 Å². The monoisotopic (exact) mass is 267 g/mol. The number of carbonyl (C=O) groups is 1. The SMILES string of the molecule is O=C(NC1(CO)CC1)c1cnc2n(c1=O)CCS2. The molecule has 1 aromatic rings. The number of aliphatic hydroxyl groups is 1. The first-order valence-corrected chi connectivity index (χ1v) is 6.80. The van der Waals surface area contributed by atoms with Gasteiger partial charge in [-0.25, -0.2) is 4.98 Å². The predicted octanol–water partition coefficient (Wildman–Crippen LogP) is -0.396. The molecular weight excluding hydrogens is 254 g/mol. The maximum absolute atomic E-state index is 12.1. The Morgan fingerprint density at radius 3 is 3.06 bits per heavy atom. The molecule has 0 saturated heterocycles. The number of thioether (sulfide) groups is 1. The molecule has 1 aliphatic heterocycles. The number of aliphatic hydroxyl groups excluding tert-OH is 1. The van der Waals surface area contributed by atoms with Crippen LogP contribution in [-0.4, -0.2) is 38.5 Å². The molecule has 2 aliphatic rings. The number of nitrogens with zero attached hydrogens (tertiary/aromatic N) is 2. The molecule has 2 heterocycles. The quantitative estimate of drug-likeness (QED) is 0.728. The van der Waals surface area contributed by atoms with Gasteiger partial charge in [-0.2, -0.15) is 0 Å². The second kappa shape index (κ2) is 4.10. The number of hydrogen-bond acceptors (Lipinski definition) is 5. The summed E-state index contributed by atoms with van der Waals surface area (Å²) in [5, 5.41) is 12.5. The third-order valence-electron chi connectivity index (χ3n) is 3.34. The molecule has 18 heavy (non-hydrogen) atoms. The summed E-state index contributed by atoms with van der Waals surface area (Å²) in [4.78, 5) is 28.2. The number of hydrogen-bond donors (Lipinski definition) is 2. The van der Waals surface area contributed by atoms with Gasteiger partial charge in [-0.3, -0.25) is 14.2 Å². The van der Waals surface area contributed by atoms with Crippen LogP contribution in [0.2, 0.25) is 0 Å². The van der Waals surface area contributed by atoms with Crippen LogP contribution >= 0.6 is 11.8 Å². The minimum absolute atomic E-state index is 0.0565. The number of fused-ring (bicyclic) bond motifs is 1. The van der Waals surface area contributed by atoms with Crippen molar-refractivity contribution in [2.24, 2.45) is 0 Å². The molecule has 7 heteroatoms. The highest BCUT2D eigenvalue weighted by atomic mass is 32.2. The number of nitrogens with one attached hydrogen (secondary N) is 1. The summed E-state index contributed by atoms with van der Waals surface area (Å²) in [6.45, 7) is 0.506. The fourth-order valence-corrected chi connectivity index (χ4v) is 2.87. The largest absolute Gasteiger partial charge is 0.394 e. The van der Waals surface area contributed by atoms with Crippen molar-refractivity contribution in [1.29, 1.82) is 0 Å². The third-order valence-corrected chi connectivity index (χ3v) is 4.31. The van der Waals surface area contributed by atoms with Crippen molar-refractivity contribution in [2.75, 3.05) is 12.4 Å². The van der Waals surface area contributed by atoms with E-state index in [1.54, 1.807) is 0 Å². The molecular formula is C11H13N3O3S. The Balaban J connectivity index is 1.89. The lowest BCUT2D eigenvalue weighted by atomic mass is 10.2. The van der Waals surface area contributed by atoms with E-state index in [1.807, 2.05) is 0 Å². The van der Waals surface area contributed by atoms with E-state index in [0.29, 0.717) is 11.7 Å². The normalized spacial score (nSPS) is 19.4. The molecule has 0 aromatic carbocycles. The molecule has 0 bridgehead atoms. The number of amides is 1. The van der Waals surface area contributed by atoms with Gasteiger partial charge in [-0.05, 0) is 12.8 Å². The highest BCUT2D eigenvalue weighted by Crippen LogP contribution is 2.34. The van der Waals surface area contributed by atoms with E-state index in [0.717, 1.165) is 18.6 Å². The molecule has 1 aromatic heterocycles. The smallest absolute Gasteiger partial charge is 0.267 e. The van der Waals surface area contributed by atoms with E-state index < -0.39 is 11.4 Å². The second-order valence-corrected chi connectivity index (χ2v) is 5.71. The number of carbonyl (C=O) groups excluding carboxylic acids is 1. The van der Waals surface area contributed by atoms with Gasteiger partial charge in [-0.1, -0.05) is 11.8 Å². The van der Waals surface area contributed by atoms with Crippen molar-refractivity contribution in [3.8, 4) is 0 Å². The Morgan fingerprint density at radius 2 is 2.39 bits per heavy atom. The Labute approximate surface area is 107 Å². The standard InChI is InChI=1S/C11H13N3O3S/c15-6-11(1-2-11)13-8(16)7-5-12-10-14(9(7)17)3-4-18-10/h5,15H,1-4,6H2,(H,13,16). The molecule has 6 nitrogen and oxygen atoms in total. The molecule has 3 rings (SSSR count). The van der Waals surface area contributed by atoms with Gasteiger partial charge < -0.3 is 10.4 Å². The molecule has 2 N–H and O–H groups in total. The summed E-state index contributed by atoms with van der Waals surface area (Å²) in [6, 6.07) is 0. The lowest BCUT2D eigenvalue weighted by Gasteiger charge is -2.14. The van der Waals surface area contributed by atoms with Crippen LogP contribution in [0, 0.1) is 0 Å². The van der Waals surface area contributed by atoms with Gasteiger partial charge in [0.15, 0.2) is 5.16 Å². The van der Waals surface area contributed by atoms with E-state index in [1.165, 1.54) is 22.5 Å². The van der Waals surface area contributed by atoms with Crippen molar-refractivity contribution < 1.29 is 9.90 Å². The van der Waals surface area contributed by atoms with E-state index in [2.05, 4.69) is 10.3 Å². The Kier molecular flexibility index (Phi) is 2.67. The van der Waals surface area contributed by atoms with Crippen molar-refractivity contribution in [2.45, 2.75) is 30.1 Å². The Bertz CT molecular complexity index is 565. The predicted molar refractivity (Wildman–Crippen MR) is 65.7 cm³/mol. The fourth-order valence-electron chi connectivity index (χ4n) is 1.95. The Morgan fingerprint density at radius 1 is 1.61 bits per heavy atom. The van der Waals surface area contributed by atoms with E-state index in [9.17, 15) is 9.59 Å². The average molecular weight is 267 g/mol. The summed E-state index contributed by atoms with van der Waals surface area (Å²) < 4.78 is 1.53. The molecule has 1 saturated carbocycles. The molecule has 96 valence electrons. The molecule has 0 unspecified atom stereocenters. The zero-order valence-corrected chi connectivity index (χ0v) is 10.5. The highest BCUT2D eigenvalue weighted by Gasteiger charge is 2.44. The number of rotatable bonds is 3. The van der Waals surface area contributed by atoms with Crippen LogP contribution in [0.5, 0.6) is 0 Å². The molecule has 1 fully saturated rings. The van der Waals surface area contributed by atoms with Crippen LogP contribution < -0.4 is 10.9 Å². The first-order chi connectivity index (χ1) is 8.65. The molecule has 0 radical (unpaired) electrons. The topological polar surface area (TPSA) is 84.2 Å². The third kappa shape index (κ3) is 1.83. The van der Waals surface area contributed by atoms with Gasteiger partial charge in [0.05, 0.1) is 12.1 Å². The van der Waals surface area contributed by atoms with Gasteiger partial charge in [-0.15, -0.1) is 0 Å². The highest BCUT2D eigenvalue weighted by molar-refractivity contribution is 7.99. The van der Waals surface area contributed by atoms with Crippen LogP contribution in [0.15, 0.2) is 16.1 Å². The van der Waals surface area contributed by atoms with Gasteiger partial charge >= 0.3 is 0 Å². The summed E-state index contributed by atoms with van der Waals surface area (Å²) in [7, 11) is 0. The van der Waals surface area contributed by atoms with Crippen LogP contribution in [-0.2, 0) is 6.54 Å². The maximum Gasteiger partial charge on any atom is 0.267 e. The average Bonchev–Trinajstić information content (AvgIpc) is 2.96. The second-order valence-electron chi connectivity index (χ2n) is 4.65. The zero-order valence-electron chi connectivity index (χ0n) is 9.68. The number of aromatic nitrogens is 2. The van der Waals surface area contributed by atoms with Crippen LogP contribution in [0.1, 0.15) is 23.2 Å². The molecule has 1 amide bonds. The fraction of sp³-hybridized carbons (Fsp3) is 0.545. The first kappa shape index (κ1) is 11.7. The maximum atomic E-state index is 12.1. The van der Waals surface area contributed by atoms with E-state index in [-0.39, 0.29) is 17.7 Å². The van der Waals surface area contributed by atoms with Crippen molar-refractivity contribution in [1.82, 2.24) is 14.9 Å². The van der Waals surface area contributed by atoms with Crippen LogP contribution in [0.4, 0.5) is 0 Å². The minimum Gasteiger partial charge on any atom is -0.394 e. The van der Waals surface area contributed by atoms with Crippen LogP contribution in [0.25, 0.3) is 0 Å². The van der Waals surface area contributed by atoms with Gasteiger partial charge in [0.2, 0.25) is 0 Å². The summed E-state index contributed by atoms with van der Waals surface area (Å²) in [6.07, 6.45) is 2.84. The summed E-state index contributed by atoms with van der Waals surface area (Å²) in [5.74, 6) is 0.375. The van der Waals surface area contributed by atoms with Crippen LogP contribution in [0.3, 0.4) is 0 Å². The van der Waals surface area contributed by atoms with E-state index in [4.69, 9.17) is 5.11 Å². The Hall–Kier alpha value is -1.34. The summed E-state index contributed by atoms with van der Waals surface area (Å²) >= 11 is 1.51.